The maximum Gasteiger partial charge on any atom is 0.319 e. The molecule has 1 aromatic rings. The minimum Gasteiger partial charge on any atom is -0.481 e. The second-order valence-corrected chi connectivity index (χ2v) is 3.79. The third-order valence-electron chi connectivity index (χ3n) is 2.31. The van der Waals surface area contributed by atoms with Gasteiger partial charge in [-0.25, -0.2) is 14.8 Å². The molecule has 0 bridgehead atoms. The molecule has 18 heavy (non-hydrogen) atoms. The summed E-state index contributed by atoms with van der Waals surface area (Å²) in [7, 11) is 0. The van der Waals surface area contributed by atoms with Gasteiger partial charge in [-0.05, 0) is 6.42 Å². The number of urea groups is 1. The van der Waals surface area contributed by atoms with Gasteiger partial charge in [0.2, 0.25) is 0 Å². The highest BCUT2D eigenvalue weighted by Gasteiger charge is 2.17. The number of hydrogen-bond donors (Lipinski definition) is 3. The van der Waals surface area contributed by atoms with E-state index in [1.54, 1.807) is 0 Å². The first-order valence-electron chi connectivity index (χ1n) is 5.66. The van der Waals surface area contributed by atoms with Crippen molar-refractivity contribution in [2.24, 2.45) is 5.92 Å². The Morgan fingerprint density at radius 1 is 1.39 bits per heavy atom. The number of amides is 2. The van der Waals surface area contributed by atoms with Gasteiger partial charge in [-0.1, -0.05) is 13.3 Å². The second kappa shape index (κ2) is 7.21. The summed E-state index contributed by atoms with van der Waals surface area (Å²) in [6.45, 7) is 2.00. The quantitative estimate of drug-likeness (QED) is 0.703. The normalized spacial score (nSPS) is 11.6. The molecule has 0 saturated heterocycles. The van der Waals surface area contributed by atoms with E-state index in [1.165, 1.54) is 18.7 Å². The molecule has 1 aromatic heterocycles. The fraction of sp³-hybridized carbons (Fsp3) is 0.455. The van der Waals surface area contributed by atoms with Gasteiger partial charge in [-0.3, -0.25) is 4.79 Å². The molecule has 1 heterocycles. The topological polar surface area (TPSA) is 104 Å². The average Bonchev–Trinajstić information content (AvgIpc) is 2.35. The Labute approximate surface area is 105 Å². The summed E-state index contributed by atoms with van der Waals surface area (Å²) in [4.78, 5) is 29.8. The zero-order valence-corrected chi connectivity index (χ0v) is 10.1. The van der Waals surface area contributed by atoms with Crippen molar-refractivity contribution in [3.05, 3.63) is 18.7 Å². The molecule has 0 radical (unpaired) electrons. The summed E-state index contributed by atoms with van der Waals surface area (Å²) in [6.07, 6.45) is 5.54. The highest BCUT2D eigenvalue weighted by Crippen LogP contribution is 2.05. The van der Waals surface area contributed by atoms with Crippen molar-refractivity contribution in [2.45, 2.75) is 19.8 Å². The molecule has 0 spiro atoms. The minimum atomic E-state index is -0.903. The van der Waals surface area contributed by atoms with E-state index in [9.17, 15) is 9.59 Å². The lowest BCUT2D eigenvalue weighted by Gasteiger charge is -2.12. The van der Waals surface area contributed by atoms with Crippen LogP contribution in [-0.4, -0.2) is 33.6 Å². The standard InChI is InChI=1S/C11H16N4O3/c1-2-3-8(10(16)17)4-14-11(18)15-9-5-12-7-13-6-9/h5-8H,2-4H2,1H3,(H,16,17)(H2,14,15,18). The van der Waals surface area contributed by atoms with Gasteiger partial charge < -0.3 is 15.7 Å². The maximum absolute atomic E-state index is 11.5. The fourth-order valence-corrected chi connectivity index (χ4v) is 1.42. The van der Waals surface area contributed by atoms with Crippen molar-refractivity contribution in [1.29, 1.82) is 0 Å². The van der Waals surface area contributed by atoms with Crippen molar-refractivity contribution in [1.82, 2.24) is 15.3 Å². The molecule has 98 valence electrons. The fourth-order valence-electron chi connectivity index (χ4n) is 1.42. The van der Waals surface area contributed by atoms with Crippen molar-refractivity contribution in [2.75, 3.05) is 11.9 Å². The molecular formula is C11H16N4O3. The van der Waals surface area contributed by atoms with E-state index >= 15 is 0 Å². The van der Waals surface area contributed by atoms with E-state index in [0.29, 0.717) is 12.1 Å². The Bertz CT molecular complexity index is 397. The van der Waals surface area contributed by atoms with Gasteiger partial charge in [0.05, 0.1) is 24.0 Å². The lowest BCUT2D eigenvalue weighted by atomic mass is 10.0. The number of aliphatic carboxylic acids is 1. The summed E-state index contributed by atoms with van der Waals surface area (Å²) < 4.78 is 0. The van der Waals surface area contributed by atoms with Crippen molar-refractivity contribution >= 4 is 17.7 Å². The first-order chi connectivity index (χ1) is 8.63. The summed E-state index contributed by atoms with van der Waals surface area (Å²) in [5.74, 6) is -1.46. The Balaban J connectivity index is 2.38. The number of anilines is 1. The lowest BCUT2D eigenvalue weighted by Crippen LogP contribution is -2.35. The van der Waals surface area contributed by atoms with E-state index < -0.39 is 17.9 Å². The van der Waals surface area contributed by atoms with E-state index in [1.807, 2.05) is 6.92 Å². The van der Waals surface area contributed by atoms with Crippen LogP contribution in [0.4, 0.5) is 10.5 Å². The monoisotopic (exact) mass is 252 g/mol. The third kappa shape index (κ3) is 4.77. The number of carbonyl (C=O) groups excluding carboxylic acids is 1. The van der Waals surface area contributed by atoms with Crippen molar-refractivity contribution in [3.63, 3.8) is 0 Å². The number of aromatic nitrogens is 2. The predicted octanol–water partition coefficient (Wildman–Crippen LogP) is 1.10. The van der Waals surface area contributed by atoms with Crippen LogP contribution in [0.15, 0.2) is 18.7 Å². The van der Waals surface area contributed by atoms with E-state index in [0.717, 1.165) is 6.42 Å². The number of carboxylic acids is 1. The molecule has 7 heteroatoms. The second-order valence-electron chi connectivity index (χ2n) is 3.79. The van der Waals surface area contributed by atoms with Crippen LogP contribution in [0.1, 0.15) is 19.8 Å². The zero-order valence-electron chi connectivity index (χ0n) is 10.1. The summed E-state index contributed by atoms with van der Waals surface area (Å²) in [5, 5.41) is 13.9. The zero-order chi connectivity index (χ0) is 13.4. The number of carbonyl (C=O) groups is 2. The van der Waals surface area contributed by atoms with Crippen LogP contribution in [0.2, 0.25) is 0 Å². The van der Waals surface area contributed by atoms with Gasteiger partial charge in [-0.2, -0.15) is 0 Å². The van der Waals surface area contributed by atoms with Crippen LogP contribution in [-0.2, 0) is 4.79 Å². The number of rotatable bonds is 6. The van der Waals surface area contributed by atoms with Crippen LogP contribution in [0.25, 0.3) is 0 Å². The smallest absolute Gasteiger partial charge is 0.319 e. The summed E-state index contributed by atoms with van der Waals surface area (Å²) in [6, 6.07) is -0.466. The molecule has 0 saturated carbocycles. The molecular weight excluding hydrogens is 236 g/mol. The lowest BCUT2D eigenvalue weighted by molar-refractivity contribution is -0.141. The molecule has 0 aliphatic heterocycles. The van der Waals surface area contributed by atoms with Crippen LogP contribution < -0.4 is 10.6 Å². The Morgan fingerprint density at radius 3 is 2.61 bits per heavy atom. The van der Waals surface area contributed by atoms with Crippen molar-refractivity contribution < 1.29 is 14.7 Å². The van der Waals surface area contributed by atoms with Crippen LogP contribution >= 0.6 is 0 Å². The van der Waals surface area contributed by atoms with Gasteiger partial charge in [0, 0.05) is 6.54 Å². The molecule has 1 atom stereocenters. The SMILES string of the molecule is CCCC(CNC(=O)Nc1cncnc1)C(=O)O. The first kappa shape index (κ1) is 13.9. The molecule has 1 unspecified atom stereocenters. The Hall–Kier alpha value is -2.18. The summed E-state index contributed by atoms with van der Waals surface area (Å²) >= 11 is 0. The average molecular weight is 252 g/mol. The van der Waals surface area contributed by atoms with E-state index in [4.69, 9.17) is 5.11 Å². The molecule has 0 aromatic carbocycles. The maximum atomic E-state index is 11.5. The molecule has 0 aliphatic rings. The molecule has 2 amide bonds. The number of hydrogen-bond acceptors (Lipinski definition) is 4. The van der Waals surface area contributed by atoms with Gasteiger partial charge >= 0.3 is 12.0 Å². The van der Waals surface area contributed by atoms with Gasteiger partial charge in [0.25, 0.3) is 0 Å². The van der Waals surface area contributed by atoms with Crippen LogP contribution in [0, 0.1) is 5.92 Å². The van der Waals surface area contributed by atoms with Crippen molar-refractivity contribution in [3.8, 4) is 0 Å². The summed E-state index contributed by atoms with van der Waals surface area (Å²) in [5.41, 5.74) is 0.456. The van der Waals surface area contributed by atoms with E-state index in [2.05, 4.69) is 20.6 Å². The van der Waals surface area contributed by atoms with Gasteiger partial charge in [0.1, 0.15) is 6.33 Å². The van der Waals surface area contributed by atoms with Gasteiger partial charge in [-0.15, -0.1) is 0 Å². The number of nitrogens with one attached hydrogen (secondary N) is 2. The first-order valence-corrected chi connectivity index (χ1v) is 5.66. The molecule has 7 nitrogen and oxygen atoms in total. The van der Waals surface area contributed by atoms with Gasteiger partial charge in [0.15, 0.2) is 0 Å². The number of nitrogens with zero attached hydrogens (tertiary/aromatic N) is 2. The van der Waals surface area contributed by atoms with Crippen LogP contribution in [0.5, 0.6) is 0 Å². The Morgan fingerprint density at radius 2 is 2.06 bits per heavy atom. The van der Waals surface area contributed by atoms with E-state index in [-0.39, 0.29) is 6.54 Å². The number of carboxylic acid groups (broad SMARTS) is 1. The minimum absolute atomic E-state index is 0.0999. The highest BCUT2D eigenvalue weighted by molar-refractivity contribution is 5.89. The predicted molar refractivity (Wildman–Crippen MR) is 65.1 cm³/mol. The molecule has 0 fully saturated rings. The molecule has 3 N–H and O–H groups in total. The highest BCUT2D eigenvalue weighted by atomic mass is 16.4. The molecule has 0 aliphatic carbocycles. The van der Waals surface area contributed by atoms with Crippen LogP contribution in [0.3, 0.4) is 0 Å². The third-order valence-corrected chi connectivity index (χ3v) is 2.31. The largest absolute Gasteiger partial charge is 0.481 e. The molecule has 1 rings (SSSR count). The Kier molecular flexibility index (Phi) is 5.56.